The number of para-hydroxylation sites is 2. The van der Waals surface area contributed by atoms with E-state index in [1.807, 2.05) is 0 Å². The number of halogens is 2. The minimum Gasteiger partial charge on any atom is -0.491 e. The van der Waals surface area contributed by atoms with E-state index in [4.69, 9.17) is 21.4 Å². The lowest BCUT2D eigenvalue weighted by Gasteiger charge is -2.13. The van der Waals surface area contributed by atoms with Crippen molar-refractivity contribution in [1.82, 2.24) is 4.98 Å². The first kappa shape index (κ1) is 25.6. The molecule has 0 aliphatic heterocycles. The highest BCUT2D eigenvalue weighted by Crippen LogP contribution is 2.32. The summed E-state index contributed by atoms with van der Waals surface area (Å²) >= 11 is 6.42. The number of rotatable bonds is 10. The SMILES string of the molecule is N#Cc1cc2cc(F)ccc2nc1-c1cc(C(=O)CNc2ccccc2OCCCC(=O)O)ccc1Cl. The van der Waals surface area contributed by atoms with Crippen molar-refractivity contribution in [2.45, 2.75) is 12.8 Å². The molecule has 1 aromatic heterocycles. The van der Waals surface area contributed by atoms with Crippen molar-refractivity contribution in [1.29, 1.82) is 5.26 Å². The molecule has 0 aliphatic rings. The highest BCUT2D eigenvalue weighted by molar-refractivity contribution is 6.33. The zero-order valence-electron chi connectivity index (χ0n) is 19.5. The number of carboxylic acid groups (broad SMARTS) is 1. The summed E-state index contributed by atoms with van der Waals surface area (Å²) in [5, 5.41) is 22.3. The van der Waals surface area contributed by atoms with Gasteiger partial charge in [0.15, 0.2) is 5.78 Å². The van der Waals surface area contributed by atoms with E-state index in [1.54, 1.807) is 48.5 Å². The third-order valence-corrected chi connectivity index (χ3v) is 5.89. The summed E-state index contributed by atoms with van der Waals surface area (Å²) in [6.07, 6.45) is 0.363. The Hall–Kier alpha value is -4.48. The van der Waals surface area contributed by atoms with E-state index >= 15 is 0 Å². The van der Waals surface area contributed by atoms with Crippen LogP contribution in [0.4, 0.5) is 10.1 Å². The predicted molar refractivity (Wildman–Crippen MR) is 138 cm³/mol. The van der Waals surface area contributed by atoms with E-state index in [2.05, 4.69) is 16.4 Å². The average molecular weight is 518 g/mol. The summed E-state index contributed by atoms with van der Waals surface area (Å²) < 4.78 is 19.3. The number of fused-ring (bicyclic) bond motifs is 1. The van der Waals surface area contributed by atoms with Crippen molar-refractivity contribution < 1.29 is 23.8 Å². The maximum Gasteiger partial charge on any atom is 0.303 e. The largest absolute Gasteiger partial charge is 0.491 e. The number of anilines is 1. The number of aliphatic carboxylic acids is 1. The maximum atomic E-state index is 13.6. The Labute approximate surface area is 217 Å². The van der Waals surface area contributed by atoms with Gasteiger partial charge in [0.25, 0.3) is 0 Å². The summed E-state index contributed by atoms with van der Waals surface area (Å²) in [7, 11) is 0. The summed E-state index contributed by atoms with van der Waals surface area (Å²) in [6.45, 7) is 0.179. The minimum atomic E-state index is -0.891. The van der Waals surface area contributed by atoms with Gasteiger partial charge in [-0.25, -0.2) is 9.37 Å². The van der Waals surface area contributed by atoms with Gasteiger partial charge < -0.3 is 15.2 Å². The van der Waals surface area contributed by atoms with E-state index in [0.717, 1.165) is 0 Å². The molecule has 0 amide bonds. The number of Topliss-reactive ketones (excluding diaryl/α,β-unsaturated/α-hetero) is 1. The number of carbonyl (C=O) groups excluding carboxylic acids is 1. The molecule has 0 saturated heterocycles. The van der Waals surface area contributed by atoms with Gasteiger partial charge in [-0.05, 0) is 61.0 Å². The summed E-state index contributed by atoms with van der Waals surface area (Å²) in [5.41, 5.74) is 2.36. The van der Waals surface area contributed by atoms with E-state index in [0.29, 0.717) is 50.6 Å². The lowest BCUT2D eigenvalue weighted by Crippen LogP contribution is -2.15. The molecule has 0 atom stereocenters. The molecule has 0 radical (unpaired) electrons. The Morgan fingerprint density at radius 2 is 1.92 bits per heavy atom. The van der Waals surface area contributed by atoms with Crippen molar-refractivity contribution in [2.24, 2.45) is 0 Å². The summed E-state index contributed by atoms with van der Waals surface area (Å²) in [6, 6.07) is 19.5. The van der Waals surface area contributed by atoms with Crippen LogP contribution in [0.25, 0.3) is 22.2 Å². The van der Waals surface area contributed by atoms with Gasteiger partial charge in [0.1, 0.15) is 17.6 Å². The molecule has 0 aliphatic carbocycles. The van der Waals surface area contributed by atoms with Crippen LogP contribution in [0.1, 0.15) is 28.8 Å². The third kappa shape index (κ3) is 6.21. The van der Waals surface area contributed by atoms with Crippen molar-refractivity contribution in [3.8, 4) is 23.1 Å². The first-order valence-electron chi connectivity index (χ1n) is 11.4. The molecule has 37 heavy (non-hydrogen) atoms. The Morgan fingerprint density at radius 1 is 1.11 bits per heavy atom. The summed E-state index contributed by atoms with van der Waals surface area (Å²) in [4.78, 5) is 28.2. The molecule has 4 rings (SSSR count). The maximum absolute atomic E-state index is 13.6. The lowest BCUT2D eigenvalue weighted by molar-refractivity contribution is -0.137. The number of pyridine rings is 1. The van der Waals surface area contributed by atoms with E-state index in [1.165, 1.54) is 18.2 Å². The number of carboxylic acids is 1. The molecular weight excluding hydrogens is 497 g/mol. The zero-order chi connectivity index (χ0) is 26.4. The van der Waals surface area contributed by atoms with Gasteiger partial charge in [0.2, 0.25) is 0 Å². The fourth-order valence-electron chi connectivity index (χ4n) is 3.74. The van der Waals surface area contributed by atoms with Crippen LogP contribution in [-0.4, -0.2) is 35.0 Å². The van der Waals surface area contributed by atoms with Crippen LogP contribution in [0.3, 0.4) is 0 Å². The zero-order valence-corrected chi connectivity index (χ0v) is 20.3. The monoisotopic (exact) mass is 517 g/mol. The Bertz CT molecular complexity index is 1530. The first-order chi connectivity index (χ1) is 17.9. The van der Waals surface area contributed by atoms with Crippen LogP contribution in [0.15, 0.2) is 66.7 Å². The number of nitrogens with one attached hydrogen (secondary N) is 1. The third-order valence-electron chi connectivity index (χ3n) is 5.56. The number of aromatic nitrogens is 1. The molecule has 1 heterocycles. The number of benzene rings is 3. The molecule has 0 unspecified atom stereocenters. The van der Waals surface area contributed by atoms with Gasteiger partial charge >= 0.3 is 5.97 Å². The highest BCUT2D eigenvalue weighted by atomic mass is 35.5. The molecule has 0 spiro atoms. The van der Waals surface area contributed by atoms with Crippen molar-refractivity contribution >= 4 is 39.9 Å². The number of nitrogens with zero attached hydrogens (tertiary/aromatic N) is 2. The second-order valence-corrected chi connectivity index (χ2v) is 8.55. The van der Waals surface area contributed by atoms with Gasteiger partial charge in [-0.15, -0.1) is 0 Å². The molecule has 186 valence electrons. The molecule has 3 aromatic carbocycles. The first-order valence-corrected chi connectivity index (χ1v) is 11.7. The van der Waals surface area contributed by atoms with Crippen molar-refractivity contribution in [2.75, 3.05) is 18.5 Å². The number of ether oxygens (including phenoxy) is 1. The second kappa shape index (κ2) is 11.5. The highest BCUT2D eigenvalue weighted by Gasteiger charge is 2.16. The smallest absolute Gasteiger partial charge is 0.303 e. The topological polar surface area (TPSA) is 112 Å². The van der Waals surface area contributed by atoms with Crippen molar-refractivity contribution in [3.05, 3.63) is 88.7 Å². The van der Waals surface area contributed by atoms with Crippen LogP contribution in [0, 0.1) is 17.1 Å². The van der Waals surface area contributed by atoms with Gasteiger partial charge in [-0.2, -0.15) is 5.26 Å². The quantitative estimate of drug-likeness (QED) is 0.193. The Balaban J connectivity index is 1.54. The minimum absolute atomic E-state index is 0.00342. The standard InChI is InChI=1S/C28H21ClFN3O4/c29-22-9-7-17(14-21(22)28-19(15-31)12-18-13-20(30)8-10-23(18)33-28)25(34)16-32-24-4-1-2-5-26(24)37-11-3-6-27(35)36/h1-2,4-5,7-10,12-14,32H,3,6,11,16H2,(H,35,36). The van der Waals surface area contributed by atoms with Crippen LogP contribution in [-0.2, 0) is 4.79 Å². The van der Waals surface area contributed by atoms with Gasteiger partial charge in [-0.3, -0.25) is 9.59 Å². The van der Waals surface area contributed by atoms with E-state index < -0.39 is 11.8 Å². The number of ketones is 1. The van der Waals surface area contributed by atoms with E-state index in [-0.39, 0.29) is 30.9 Å². The Kier molecular flexibility index (Phi) is 7.96. The average Bonchev–Trinajstić information content (AvgIpc) is 2.89. The van der Waals surface area contributed by atoms with Crippen LogP contribution in [0.2, 0.25) is 5.02 Å². The van der Waals surface area contributed by atoms with Gasteiger partial charge in [0, 0.05) is 22.9 Å². The molecule has 4 aromatic rings. The lowest BCUT2D eigenvalue weighted by atomic mass is 10.0. The molecule has 2 N–H and O–H groups in total. The van der Waals surface area contributed by atoms with Crippen LogP contribution < -0.4 is 10.1 Å². The summed E-state index contributed by atoms with van der Waals surface area (Å²) in [5.74, 6) is -1.05. The molecule has 9 heteroatoms. The van der Waals surface area contributed by atoms with Crippen LogP contribution in [0.5, 0.6) is 5.75 Å². The van der Waals surface area contributed by atoms with Crippen LogP contribution >= 0.6 is 11.6 Å². The number of hydrogen-bond acceptors (Lipinski definition) is 6. The van der Waals surface area contributed by atoms with Gasteiger partial charge in [-0.1, -0.05) is 23.7 Å². The molecule has 0 saturated carbocycles. The molecule has 7 nitrogen and oxygen atoms in total. The van der Waals surface area contributed by atoms with Gasteiger partial charge in [0.05, 0.1) is 40.6 Å². The number of hydrogen-bond donors (Lipinski definition) is 2. The second-order valence-electron chi connectivity index (χ2n) is 8.15. The molecule has 0 bridgehead atoms. The molecular formula is C28H21ClFN3O4. The van der Waals surface area contributed by atoms with E-state index in [9.17, 15) is 19.2 Å². The molecule has 0 fully saturated rings. The fraction of sp³-hybridized carbons (Fsp3) is 0.143. The predicted octanol–water partition coefficient (Wildman–Crippen LogP) is 6.10. The van der Waals surface area contributed by atoms with Crippen molar-refractivity contribution in [3.63, 3.8) is 0 Å². The Morgan fingerprint density at radius 3 is 2.70 bits per heavy atom. The number of carbonyl (C=O) groups is 2. The fourth-order valence-corrected chi connectivity index (χ4v) is 3.95. The normalized spacial score (nSPS) is 10.6. The number of nitriles is 1.